The Hall–Kier alpha value is -3.00. The number of carbonyl (C=O) groups excluding carboxylic acids is 2. The van der Waals surface area contributed by atoms with Crippen molar-refractivity contribution in [3.05, 3.63) is 65.7 Å². The van der Waals surface area contributed by atoms with Crippen LogP contribution < -0.4 is 5.32 Å². The highest BCUT2D eigenvalue weighted by Crippen LogP contribution is 2.19. The molecule has 3 rings (SSSR count). The molecule has 2 amide bonds. The molecule has 1 heterocycles. The van der Waals surface area contributed by atoms with E-state index in [1.807, 2.05) is 18.2 Å². The Morgan fingerprint density at radius 3 is 2.54 bits per heavy atom. The molecule has 0 unspecified atom stereocenters. The summed E-state index contributed by atoms with van der Waals surface area (Å²) in [5, 5.41) is 14.5. The molecule has 0 fully saturated rings. The van der Waals surface area contributed by atoms with Crippen LogP contribution in [0.25, 0.3) is 5.69 Å². The minimum absolute atomic E-state index is 0.0352. The number of nitrogens with zero attached hydrogens (tertiary/aromatic N) is 4. The second kappa shape index (κ2) is 9.80. The Labute approximate surface area is 167 Å². The van der Waals surface area contributed by atoms with Crippen LogP contribution in [-0.4, -0.2) is 37.8 Å². The molecule has 7 nitrogen and oxygen atoms in total. The predicted octanol–water partition coefficient (Wildman–Crippen LogP) is 3.05. The second-order valence-electron chi connectivity index (χ2n) is 6.18. The zero-order valence-electron chi connectivity index (χ0n) is 15.5. The fourth-order valence-corrected chi connectivity index (χ4v) is 3.26. The number of carbonyl (C=O) groups is 2. The van der Waals surface area contributed by atoms with Crippen LogP contribution in [0, 0.1) is 0 Å². The topological polar surface area (TPSA) is 89.8 Å². The number of rotatable bonds is 8. The third-order valence-electron chi connectivity index (χ3n) is 4.06. The average Bonchev–Trinajstić information content (AvgIpc) is 3.20. The summed E-state index contributed by atoms with van der Waals surface area (Å²) in [6, 6.07) is 16.7. The minimum atomic E-state index is -0.423. The Morgan fingerprint density at radius 1 is 1.07 bits per heavy atom. The minimum Gasteiger partial charge on any atom is -0.292 e. The van der Waals surface area contributed by atoms with Crippen LogP contribution in [0.5, 0.6) is 0 Å². The Bertz CT molecular complexity index is 925. The van der Waals surface area contributed by atoms with Gasteiger partial charge in [-0.2, -0.15) is 4.68 Å². The molecule has 0 saturated carbocycles. The first-order valence-corrected chi connectivity index (χ1v) is 10.1. The van der Waals surface area contributed by atoms with E-state index in [0.717, 1.165) is 24.9 Å². The molecule has 1 aromatic heterocycles. The van der Waals surface area contributed by atoms with E-state index in [0.29, 0.717) is 10.7 Å². The zero-order valence-corrected chi connectivity index (χ0v) is 16.4. The van der Waals surface area contributed by atoms with E-state index in [4.69, 9.17) is 0 Å². The van der Waals surface area contributed by atoms with Gasteiger partial charge < -0.3 is 0 Å². The second-order valence-corrected chi connectivity index (χ2v) is 7.12. The van der Waals surface area contributed by atoms with Crippen LogP contribution in [0.1, 0.15) is 35.7 Å². The quantitative estimate of drug-likeness (QED) is 0.590. The molecular weight excluding hydrogens is 374 g/mol. The molecule has 1 N–H and O–H groups in total. The van der Waals surface area contributed by atoms with Gasteiger partial charge in [-0.05, 0) is 53.1 Å². The van der Waals surface area contributed by atoms with Gasteiger partial charge in [0.1, 0.15) is 0 Å². The van der Waals surface area contributed by atoms with Crippen LogP contribution >= 0.6 is 11.8 Å². The van der Waals surface area contributed by atoms with E-state index in [-0.39, 0.29) is 5.75 Å². The summed E-state index contributed by atoms with van der Waals surface area (Å²) in [6.45, 7) is 2.17. The monoisotopic (exact) mass is 395 g/mol. The average molecular weight is 395 g/mol. The van der Waals surface area contributed by atoms with E-state index in [2.05, 4.69) is 39.9 Å². The molecule has 0 spiro atoms. The molecule has 28 heavy (non-hydrogen) atoms. The highest BCUT2D eigenvalue weighted by Gasteiger charge is 2.14. The fourth-order valence-electron chi connectivity index (χ4n) is 2.57. The van der Waals surface area contributed by atoms with Gasteiger partial charge in [0.05, 0.1) is 11.4 Å². The van der Waals surface area contributed by atoms with Gasteiger partial charge in [-0.1, -0.05) is 55.4 Å². The van der Waals surface area contributed by atoms with Crippen molar-refractivity contribution in [1.29, 1.82) is 0 Å². The molecule has 0 atom stereocenters. The van der Waals surface area contributed by atoms with Gasteiger partial charge in [-0.3, -0.25) is 14.9 Å². The molecular formula is C20H21N5O2S. The van der Waals surface area contributed by atoms with E-state index < -0.39 is 11.8 Å². The molecule has 0 bridgehead atoms. The lowest BCUT2D eigenvalue weighted by atomic mass is 10.1. The van der Waals surface area contributed by atoms with Gasteiger partial charge in [0.25, 0.3) is 5.91 Å². The number of unbranched alkanes of at least 4 members (excludes halogenated alkanes) is 1. The molecule has 144 valence electrons. The number of thioether (sulfide) groups is 1. The van der Waals surface area contributed by atoms with Gasteiger partial charge in [0, 0.05) is 5.56 Å². The van der Waals surface area contributed by atoms with Crippen molar-refractivity contribution in [2.45, 2.75) is 31.3 Å². The van der Waals surface area contributed by atoms with Gasteiger partial charge in [0.15, 0.2) is 0 Å². The normalized spacial score (nSPS) is 10.6. The Balaban J connectivity index is 1.58. The largest absolute Gasteiger partial charge is 0.292 e. The lowest BCUT2D eigenvalue weighted by molar-refractivity contribution is -0.117. The maximum absolute atomic E-state index is 12.1. The first-order chi connectivity index (χ1) is 13.7. The number of amides is 2. The summed E-state index contributed by atoms with van der Waals surface area (Å²) in [7, 11) is 0. The van der Waals surface area contributed by atoms with Gasteiger partial charge in [0.2, 0.25) is 11.1 Å². The van der Waals surface area contributed by atoms with Crippen LogP contribution in [0.4, 0.5) is 0 Å². The number of aromatic nitrogens is 4. The molecule has 0 aliphatic heterocycles. The number of hydrogen-bond acceptors (Lipinski definition) is 6. The summed E-state index contributed by atoms with van der Waals surface area (Å²) >= 11 is 1.17. The van der Waals surface area contributed by atoms with E-state index in [1.165, 1.54) is 17.3 Å². The molecule has 2 aromatic carbocycles. The van der Waals surface area contributed by atoms with Crippen molar-refractivity contribution >= 4 is 23.6 Å². The molecule has 0 saturated heterocycles. The number of hydrogen-bond donors (Lipinski definition) is 1. The highest BCUT2D eigenvalue weighted by molar-refractivity contribution is 7.99. The number of benzene rings is 2. The van der Waals surface area contributed by atoms with Crippen molar-refractivity contribution in [2.24, 2.45) is 0 Å². The summed E-state index contributed by atoms with van der Waals surface area (Å²) in [5.41, 5.74) is 2.54. The molecule has 8 heteroatoms. The molecule has 0 radical (unpaired) electrons. The van der Waals surface area contributed by atoms with Crippen molar-refractivity contribution in [3.63, 3.8) is 0 Å². The number of tetrazole rings is 1. The maximum atomic E-state index is 12.1. The summed E-state index contributed by atoms with van der Waals surface area (Å²) < 4.78 is 1.58. The van der Waals surface area contributed by atoms with E-state index in [1.54, 1.807) is 28.9 Å². The molecule has 3 aromatic rings. The highest BCUT2D eigenvalue weighted by atomic mass is 32.2. The van der Waals surface area contributed by atoms with Crippen molar-refractivity contribution in [1.82, 2.24) is 25.5 Å². The van der Waals surface area contributed by atoms with Crippen molar-refractivity contribution < 1.29 is 9.59 Å². The van der Waals surface area contributed by atoms with E-state index >= 15 is 0 Å². The predicted molar refractivity (Wildman–Crippen MR) is 107 cm³/mol. The molecule has 0 aliphatic rings. The van der Waals surface area contributed by atoms with Gasteiger partial charge in [-0.15, -0.1) is 5.10 Å². The third kappa shape index (κ3) is 5.26. The molecule has 0 aliphatic carbocycles. The lowest BCUT2D eigenvalue weighted by Gasteiger charge is -2.06. The van der Waals surface area contributed by atoms with Gasteiger partial charge in [-0.25, -0.2) is 0 Å². The standard InChI is InChI=1S/C20H21N5O2S/c1-2-3-7-15-10-12-17(13-11-15)25-20(22-23-24-25)28-14-18(26)21-19(27)16-8-5-4-6-9-16/h4-6,8-13H,2-3,7,14H2,1H3,(H,21,26,27). The SMILES string of the molecule is CCCCc1ccc(-n2nnnc2SCC(=O)NC(=O)c2ccccc2)cc1. The van der Waals surface area contributed by atoms with Crippen molar-refractivity contribution in [3.8, 4) is 5.69 Å². The maximum Gasteiger partial charge on any atom is 0.257 e. The first-order valence-electron chi connectivity index (χ1n) is 9.07. The number of nitrogens with one attached hydrogen (secondary N) is 1. The Morgan fingerprint density at radius 2 is 1.82 bits per heavy atom. The summed E-state index contributed by atoms with van der Waals surface area (Å²) in [4.78, 5) is 24.1. The summed E-state index contributed by atoms with van der Waals surface area (Å²) in [5.74, 6) is -0.787. The zero-order chi connectivity index (χ0) is 19.8. The smallest absolute Gasteiger partial charge is 0.257 e. The van der Waals surface area contributed by atoms with E-state index in [9.17, 15) is 9.59 Å². The van der Waals surface area contributed by atoms with Gasteiger partial charge >= 0.3 is 0 Å². The summed E-state index contributed by atoms with van der Waals surface area (Å²) in [6.07, 6.45) is 3.36. The van der Waals surface area contributed by atoms with Crippen molar-refractivity contribution in [2.75, 3.05) is 5.75 Å². The number of imide groups is 1. The number of aryl methyl sites for hydroxylation is 1. The van der Waals surface area contributed by atoms with Crippen LogP contribution in [0.15, 0.2) is 59.8 Å². The van der Waals surface area contributed by atoms with Crippen LogP contribution in [0.2, 0.25) is 0 Å². The van der Waals surface area contributed by atoms with Crippen LogP contribution in [0.3, 0.4) is 0 Å². The Kier molecular flexibility index (Phi) is 6.91. The van der Waals surface area contributed by atoms with Crippen LogP contribution in [-0.2, 0) is 11.2 Å². The fraction of sp³-hybridized carbons (Fsp3) is 0.250. The first kappa shape index (κ1) is 19.8. The lowest BCUT2D eigenvalue weighted by Crippen LogP contribution is -2.31. The third-order valence-corrected chi connectivity index (χ3v) is 4.98.